The van der Waals surface area contributed by atoms with Crippen molar-refractivity contribution in [3.05, 3.63) is 53.3 Å². The van der Waals surface area contributed by atoms with Gasteiger partial charge in [-0.3, -0.25) is 0 Å². The zero-order chi connectivity index (χ0) is 15.8. The van der Waals surface area contributed by atoms with Crippen LogP contribution in [0.4, 0.5) is 11.5 Å². The minimum Gasteiger partial charge on any atom is -0.340 e. The molecule has 2 heterocycles. The van der Waals surface area contributed by atoms with Gasteiger partial charge in [-0.05, 0) is 43.3 Å². The molecule has 0 radical (unpaired) electrons. The van der Waals surface area contributed by atoms with Gasteiger partial charge in [0.05, 0.1) is 37.8 Å². The van der Waals surface area contributed by atoms with Gasteiger partial charge in [0.15, 0.2) is 0 Å². The van der Waals surface area contributed by atoms with Gasteiger partial charge in [0.25, 0.3) is 0 Å². The fraction of sp³-hybridized carbons (Fsp3) is 0.0588. The number of fused-ring (bicyclic) bond motifs is 3. The lowest BCUT2D eigenvalue weighted by molar-refractivity contribution is 1.22. The fourth-order valence-electron chi connectivity index (χ4n) is 2.50. The van der Waals surface area contributed by atoms with Crippen molar-refractivity contribution >= 4 is 44.0 Å². The van der Waals surface area contributed by atoms with Crippen LogP contribution < -0.4 is 5.32 Å². The largest absolute Gasteiger partial charge is 0.340 e. The third-order valence-corrected chi connectivity index (χ3v) is 4.54. The Kier molecular flexibility index (Phi) is 3.14. The maximum atomic E-state index is 8.88. The van der Waals surface area contributed by atoms with Crippen LogP contribution in [-0.4, -0.2) is 15.0 Å². The molecule has 2 aromatic heterocycles. The Morgan fingerprint density at radius 3 is 2.61 bits per heavy atom. The van der Waals surface area contributed by atoms with E-state index in [4.69, 9.17) is 5.26 Å². The van der Waals surface area contributed by atoms with Gasteiger partial charge >= 0.3 is 0 Å². The highest BCUT2D eigenvalue weighted by molar-refractivity contribution is 7.19. The lowest BCUT2D eigenvalue weighted by atomic mass is 10.2. The smallest absolute Gasteiger partial charge is 0.143 e. The second-order valence-corrected chi connectivity index (χ2v) is 6.28. The van der Waals surface area contributed by atoms with E-state index < -0.39 is 0 Å². The van der Waals surface area contributed by atoms with Crippen LogP contribution in [0, 0.1) is 18.3 Å². The number of hydrogen-bond donors (Lipinski definition) is 1. The molecule has 110 valence electrons. The van der Waals surface area contributed by atoms with E-state index in [1.807, 2.05) is 31.2 Å². The van der Waals surface area contributed by atoms with Gasteiger partial charge in [-0.2, -0.15) is 5.26 Å². The Labute approximate surface area is 136 Å². The van der Waals surface area contributed by atoms with E-state index in [1.54, 1.807) is 29.8 Å². The number of aromatic nitrogens is 3. The molecule has 5 nitrogen and oxygen atoms in total. The van der Waals surface area contributed by atoms with Crippen molar-refractivity contribution in [2.24, 2.45) is 0 Å². The minimum absolute atomic E-state index is 0.628. The van der Waals surface area contributed by atoms with Crippen LogP contribution in [0.5, 0.6) is 0 Å². The lowest BCUT2D eigenvalue weighted by Crippen LogP contribution is -1.96. The van der Waals surface area contributed by atoms with E-state index >= 15 is 0 Å². The van der Waals surface area contributed by atoms with Crippen molar-refractivity contribution in [2.75, 3.05) is 5.32 Å². The summed E-state index contributed by atoms with van der Waals surface area (Å²) in [6.45, 7) is 1.99. The first kappa shape index (κ1) is 13.6. The van der Waals surface area contributed by atoms with E-state index in [-0.39, 0.29) is 0 Å². The maximum Gasteiger partial charge on any atom is 0.143 e. The van der Waals surface area contributed by atoms with Gasteiger partial charge in [-0.15, -0.1) is 11.3 Å². The number of nitrogens with zero attached hydrogens (tertiary/aromatic N) is 4. The molecular weight excluding hydrogens is 306 g/mol. The second kappa shape index (κ2) is 5.30. The molecule has 0 amide bonds. The van der Waals surface area contributed by atoms with Crippen LogP contribution >= 0.6 is 11.3 Å². The molecule has 0 atom stereocenters. The molecule has 1 N–H and O–H groups in total. The predicted molar refractivity (Wildman–Crippen MR) is 91.9 cm³/mol. The van der Waals surface area contributed by atoms with Crippen molar-refractivity contribution in [3.63, 3.8) is 0 Å². The first-order chi connectivity index (χ1) is 11.2. The summed E-state index contributed by atoms with van der Waals surface area (Å²) in [5, 5.41) is 14.2. The molecule has 2 aromatic carbocycles. The van der Waals surface area contributed by atoms with Crippen LogP contribution in [0.15, 0.2) is 42.7 Å². The maximum absolute atomic E-state index is 8.88. The molecule has 0 unspecified atom stereocenters. The summed E-state index contributed by atoms with van der Waals surface area (Å²) in [6, 6.07) is 13.3. The molecule has 0 fully saturated rings. The fourth-order valence-corrected chi connectivity index (χ4v) is 3.46. The summed E-state index contributed by atoms with van der Waals surface area (Å²) in [6.07, 6.45) is 1.55. The average molecular weight is 317 g/mol. The van der Waals surface area contributed by atoms with E-state index in [9.17, 15) is 0 Å². The summed E-state index contributed by atoms with van der Waals surface area (Å²) >= 11 is 1.64. The first-order valence-corrected chi connectivity index (χ1v) is 7.84. The van der Waals surface area contributed by atoms with E-state index in [2.05, 4.69) is 26.3 Å². The molecule has 6 heteroatoms. The Bertz CT molecular complexity index is 1060. The highest BCUT2D eigenvalue weighted by Crippen LogP contribution is 2.33. The highest BCUT2D eigenvalue weighted by atomic mass is 32.1. The summed E-state index contributed by atoms with van der Waals surface area (Å²) in [4.78, 5) is 13.3. The number of nitrogens with one attached hydrogen (secondary N) is 1. The topological polar surface area (TPSA) is 74.5 Å². The molecule has 4 aromatic rings. The molecule has 0 spiro atoms. The summed E-state index contributed by atoms with van der Waals surface area (Å²) in [5.74, 6) is 0.744. The second-order valence-electron chi connectivity index (χ2n) is 5.08. The number of benzene rings is 2. The number of anilines is 2. The van der Waals surface area contributed by atoms with Crippen LogP contribution in [-0.2, 0) is 0 Å². The summed E-state index contributed by atoms with van der Waals surface area (Å²) in [5.41, 5.74) is 3.34. The van der Waals surface area contributed by atoms with Gasteiger partial charge in [0, 0.05) is 5.69 Å². The Morgan fingerprint density at radius 2 is 1.83 bits per heavy atom. The van der Waals surface area contributed by atoms with E-state index in [0.717, 1.165) is 37.6 Å². The van der Waals surface area contributed by atoms with Crippen LogP contribution in [0.3, 0.4) is 0 Å². The van der Waals surface area contributed by atoms with Crippen molar-refractivity contribution in [1.29, 1.82) is 5.26 Å². The average Bonchev–Trinajstić information content (AvgIpc) is 2.96. The molecule has 0 aliphatic heterocycles. The number of thiazole rings is 1. The zero-order valence-electron chi connectivity index (χ0n) is 12.2. The molecular formula is C17H11N5S. The molecule has 0 bridgehead atoms. The molecule has 23 heavy (non-hydrogen) atoms. The van der Waals surface area contributed by atoms with Gasteiger partial charge in [0.1, 0.15) is 12.1 Å². The summed E-state index contributed by atoms with van der Waals surface area (Å²) < 4.78 is 1.08. The quantitative estimate of drug-likeness (QED) is 0.601. The van der Waals surface area contributed by atoms with Gasteiger partial charge in [-0.25, -0.2) is 15.0 Å². The zero-order valence-corrected chi connectivity index (χ0v) is 13.1. The minimum atomic E-state index is 0.628. The normalized spacial score (nSPS) is 10.8. The van der Waals surface area contributed by atoms with Gasteiger partial charge in [-0.1, -0.05) is 0 Å². The van der Waals surface area contributed by atoms with Crippen LogP contribution in [0.2, 0.25) is 0 Å². The third-order valence-electron chi connectivity index (χ3n) is 3.54. The van der Waals surface area contributed by atoms with Crippen molar-refractivity contribution in [3.8, 4) is 6.07 Å². The standard InChI is InChI=1S/C17H11N5S/c1-10-21-14-7-6-13-15(16(14)23-10)17(20-9-19-13)22-12-4-2-11(8-18)3-5-12/h2-7,9H,1H3,(H,19,20,22). The van der Waals surface area contributed by atoms with Crippen LogP contribution in [0.1, 0.15) is 10.6 Å². The first-order valence-electron chi connectivity index (χ1n) is 7.02. The Hall–Kier alpha value is -3.04. The van der Waals surface area contributed by atoms with Crippen molar-refractivity contribution in [2.45, 2.75) is 6.92 Å². The predicted octanol–water partition coefficient (Wildman–Crippen LogP) is 4.16. The van der Waals surface area contributed by atoms with Gasteiger partial charge < -0.3 is 5.32 Å². The molecule has 0 aliphatic carbocycles. The van der Waals surface area contributed by atoms with Crippen molar-refractivity contribution < 1.29 is 0 Å². The number of nitriles is 1. The highest BCUT2D eigenvalue weighted by Gasteiger charge is 2.11. The van der Waals surface area contributed by atoms with Crippen molar-refractivity contribution in [1.82, 2.24) is 15.0 Å². The SMILES string of the molecule is Cc1nc2ccc3ncnc(Nc4ccc(C#N)cc4)c3c2s1. The molecule has 0 aliphatic rings. The summed E-state index contributed by atoms with van der Waals surface area (Å²) in [7, 11) is 0. The Balaban J connectivity index is 1.88. The van der Waals surface area contributed by atoms with E-state index in [1.165, 1.54) is 0 Å². The lowest BCUT2D eigenvalue weighted by Gasteiger charge is -2.08. The molecule has 0 saturated heterocycles. The molecule has 0 saturated carbocycles. The Morgan fingerprint density at radius 1 is 1.04 bits per heavy atom. The monoisotopic (exact) mass is 317 g/mol. The third kappa shape index (κ3) is 2.37. The van der Waals surface area contributed by atoms with Gasteiger partial charge in [0.2, 0.25) is 0 Å². The van der Waals surface area contributed by atoms with E-state index in [0.29, 0.717) is 5.56 Å². The number of hydrogen-bond acceptors (Lipinski definition) is 6. The van der Waals surface area contributed by atoms with Crippen LogP contribution in [0.25, 0.3) is 21.1 Å². The number of rotatable bonds is 2. The molecule has 4 rings (SSSR count). The number of aryl methyl sites for hydroxylation is 1.